The first-order valence-electron chi connectivity index (χ1n) is 8.32. The molecule has 0 aliphatic heterocycles. The van der Waals surface area contributed by atoms with Crippen molar-refractivity contribution < 1.29 is 39.0 Å². The molecule has 0 aromatic rings. The van der Waals surface area contributed by atoms with Crippen molar-refractivity contribution in [1.82, 2.24) is 21.3 Å². The summed E-state index contributed by atoms with van der Waals surface area (Å²) in [5, 5.41) is 26.2. The van der Waals surface area contributed by atoms with Crippen LogP contribution in [-0.4, -0.2) is 95.5 Å². The van der Waals surface area contributed by atoms with Crippen LogP contribution in [0.3, 0.4) is 0 Å². The molecule has 14 nitrogen and oxygen atoms in total. The van der Waals surface area contributed by atoms with Crippen LogP contribution in [0, 0.1) is 0 Å². The molecule has 0 spiro atoms. The van der Waals surface area contributed by atoms with E-state index in [0.29, 0.717) is 0 Å². The zero-order valence-electron chi connectivity index (χ0n) is 15.7. The summed E-state index contributed by atoms with van der Waals surface area (Å²) < 4.78 is 0. The van der Waals surface area contributed by atoms with Crippen LogP contribution in [0.1, 0.15) is 0 Å². The molecule has 0 aromatic heterocycles. The predicted molar refractivity (Wildman–Crippen MR) is 108 cm³/mol. The third-order valence-corrected chi connectivity index (χ3v) is 5.48. The third-order valence-electron chi connectivity index (χ3n) is 3.05. The number of amides is 4. The van der Waals surface area contributed by atoms with Crippen LogP contribution in [0.4, 0.5) is 0 Å². The van der Waals surface area contributed by atoms with Crippen LogP contribution >= 0.6 is 21.6 Å². The maximum Gasteiger partial charge on any atom is 0.322 e. The molecule has 0 saturated carbocycles. The van der Waals surface area contributed by atoms with Crippen LogP contribution in [0.2, 0.25) is 0 Å². The van der Waals surface area contributed by atoms with Gasteiger partial charge < -0.3 is 42.9 Å². The van der Waals surface area contributed by atoms with Crippen LogP contribution in [0.5, 0.6) is 0 Å². The number of aliphatic carboxylic acids is 2. The van der Waals surface area contributed by atoms with Gasteiger partial charge in [0.05, 0.1) is 13.1 Å². The predicted octanol–water partition coefficient (Wildman–Crippen LogP) is -4.34. The zero-order valence-corrected chi connectivity index (χ0v) is 17.3. The lowest BCUT2D eigenvalue weighted by molar-refractivity contribution is -0.138. The average molecular weight is 469 g/mol. The van der Waals surface area contributed by atoms with E-state index in [0.717, 1.165) is 21.6 Å². The molecule has 0 rings (SSSR count). The number of carboxylic acid groups (broad SMARTS) is 2. The van der Waals surface area contributed by atoms with E-state index in [9.17, 15) is 28.8 Å². The van der Waals surface area contributed by atoms with Crippen molar-refractivity contribution in [2.75, 3.05) is 37.7 Å². The normalized spacial score (nSPS) is 12.2. The topological polar surface area (TPSA) is 243 Å². The number of carboxylic acids is 2. The monoisotopic (exact) mass is 468 g/mol. The molecular weight excluding hydrogens is 444 g/mol. The lowest BCUT2D eigenvalue weighted by atomic mass is 10.3. The fourth-order valence-electron chi connectivity index (χ4n) is 1.68. The van der Waals surface area contributed by atoms with Gasteiger partial charge in [0.2, 0.25) is 23.6 Å². The summed E-state index contributed by atoms with van der Waals surface area (Å²) in [6, 6.07) is -2.17. The van der Waals surface area contributed by atoms with Crippen LogP contribution in [-0.2, 0) is 28.8 Å². The number of nitrogens with two attached hydrogens (primary N) is 2. The van der Waals surface area contributed by atoms with Crippen LogP contribution < -0.4 is 32.7 Å². The SMILES string of the molecule is NCC(=O)N[C@@H](CSSC[C@H](NC(=O)CN)C(=O)NCC(=O)O)C(=O)NCC(=O)O. The van der Waals surface area contributed by atoms with Gasteiger partial charge in [-0.15, -0.1) is 0 Å². The highest BCUT2D eigenvalue weighted by Gasteiger charge is 2.23. The van der Waals surface area contributed by atoms with Gasteiger partial charge in [0, 0.05) is 11.5 Å². The summed E-state index contributed by atoms with van der Waals surface area (Å²) in [5.74, 6) is -5.26. The van der Waals surface area contributed by atoms with Crippen molar-refractivity contribution in [1.29, 1.82) is 0 Å². The van der Waals surface area contributed by atoms with Gasteiger partial charge in [-0.25, -0.2) is 0 Å². The molecule has 0 aromatic carbocycles. The lowest BCUT2D eigenvalue weighted by Crippen LogP contribution is -2.51. The maximum absolute atomic E-state index is 12.0. The van der Waals surface area contributed by atoms with E-state index < -0.39 is 60.7 Å². The van der Waals surface area contributed by atoms with Gasteiger partial charge >= 0.3 is 11.9 Å². The summed E-state index contributed by atoms with van der Waals surface area (Å²) in [7, 11) is 2.11. The number of rotatable bonds is 15. The molecule has 0 radical (unpaired) electrons. The first-order chi connectivity index (χ1) is 14.1. The molecule has 0 unspecified atom stereocenters. The number of hydrogen-bond acceptors (Lipinski definition) is 10. The van der Waals surface area contributed by atoms with Crippen molar-refractivity contribution >= 4 is 57.2 Å². The maximum atomic E-state index is 12.0. The van der Waals surface area contributed by atoms with Gasteiger partial charge in [0.15, 0.2) is 0 Å². The highest BCUT2D eigenvalue weighted by molar-refractivity contribution is 8.76. The van der Waals surface area contributed by atoms with Crippen molar-refractivity contribution in [3.05, 3.63) is 0 Å². The van der Waals surface area contributed by atoms with E-state index in [4.69, 9.17) is 21.7 Å². The number of nitrogens with one attached hydrogen (secondary N) is 4. The molecular formula is C14H24N6O8S2. The molecule has 2 atom stereocenters. The summed E-state index contributed by atoms with van der Waals surface area (Å²) in [6.07, 6.45) is 0. The fraction of sp³-hybridized carbons (Fsp3) is 0.571. The van der Waals surface area contributed by atoms with Crippen molar-refractivity contribution in [2.45, 2.75) is 12.1 Å². The van der Waals surface area contributed by atoms with Crippen LogP contribution in [0.15, 0.2) is 0 Å². The Morgan fingerprint density at radius 1 is 0.700 bits per heavy atom. The minimum absolute atomic E-state index is 0.00381. The molecule has 4 amide bonds. The highest BCUT2D eigenvalue weighted by Crippen LogP contribution is 2.23. The number of hydrogen-bond donors (Lipinski definition) is 8. The second kappa shape index (κ2) is 15.3. The Morgan fingerprint density at radius 3 is 1.30 bits per heavy atom. The number of carbonyl (C=O) groups excluding carboxylic acids is 4. The molecule has 10 N–H and O–H groups in total. The van der Waals surface area contributed by atoms with Crippen molar-refractivity contribution in [2.24, 2.45) is 11.5 Å². The zero-order chi connectivity index (χ0) is 23.1. The molecule has 0 aliphatic rings. The number of carbonyl (C=O) groups is 6. The summed E-state index contributed by atoms with van der Waals surface area (Å²) in [4.78, 5) is 68.1. The van der Waals surface area contributed by atoms with Gasteiger partial charge in [-0.2, -0.15) is 0 Å². The Bertz CT molecular complexity index is 596. The van der Waals surface area contributed by atoms with E-state index >= 15 is 0 Å². The molecule has 16 heteroatoms. The molecule has 0 aliphatic carbocycles. The summed E-state index contributed by atoms with van der Waals surface area (Å²) in [6.45, 7) is -2.03. The minimum atomic E-state index is -1.26. The highest BCUT2D eigenvalue weighted by atomic mass is 33.1. The molecule has 30 heavy (non-hydrogen) atoms. The molecule has 0 bridgehead atoms. The molecule has 0 heterocycles. The standard InChI is InChI=1S/C14H24N6O8S2/c15-1-9(21)19-7(13(27)17-3-11(23)24)5-29-30-6-8(20-10(22)2-16)14(28)18-4-12(25)26/h7-8H,1-6,15-16H2,(H,17,27)(H,18,28)(H,19,21)(H,20,22)(H,23,24)(H,25,26)/t7-,8-/m0/s1. The Hall–Kier alpha value is -2.56. The van der Waals surface area contributed by atoms with E-state index in [1.807, 2.05) is 0 Å². The Balaban J connectivity index is 4.79. The van der Waals surface area contributed by atoms with E-state index in [1.165, 1.54) is 0 Å². The van der Waals surface area contributed by atoms with Crippen molar-refractivity contribution in [3.63, 3.8) is 0 Å². The Kier molecular flexibility index (Phi) is 14.0. The largest absolute Gasteiger partial charge is 0.480 e. The quantitative estimate of drug-likeness (QED) is 0.0839. The van der Waals surface area contributed by atoms with Gasteiger partial charge in [0.25, 0.3) is 0 Å². The smallest absolute Gasteiger partial charge is 0.322 e. The molecule has 0 saturated heterocycles. The Morgan fingerprint density at radius 2 is 1.03 bits per heavy atom. The lowest BCUT2D eigenvalue weighted by Gasteiger charge is -2.19. The van der Waals surface area contributed by atoms with Gasteiger partial charge in [-0.3, -0.25) is 28.8 Å². The average Bonchev–Trinajstić information content (AvgIpc) is 2.70. The third kappa shape index (κ3) is 12.8. The summed E-state index contributed by atoms with van der Waals surface area (Å²) >= 11 is 0. The molecule has 170 valence electrons. The minimum Gasteiger partial charge on any atom is -0.480 e. The van der Waals surface area contributed by atoms with Crippen molar-refractivity contribution in [3.8, 4) is 0 Å². The second-order valence-electron chi connectivity index (χ2n) is 5.44. The van der Waals surface area contributed by atoms with E-state index in [-0.39, 0.29) is 24.6 Å². The second-order valence-corrected chi connectivity index (χ2v) is 7.99. The van der Waals surface area contributed by atoms with Crippen LogP contribution in [0.25, 0.3) is 0 Å². The first kappa shape index (κ1) is 27.4. The van der Waals surface area contributed by atoms with Gasteiger partial charge in [-0.05, 0) is 0 Å². The van der Waals surface area contributed by atoms with E-state index in [2.05, 4.69) is 21.3 Å². The van der Waals surface area contributed by atoms with Gasteiger partial charge in [0.1, 0.15) is 25.2 Å². The fourth-order valence-corrected chi connectivity index (χ4v) is 4.00. The van der Waals surface area contributed by atoms with E-state index in [1.54, 1.807) is 0 Å². The molecule has 0 fully saturated rings. The van der Waals surface area contributed by atoms with Gasteiger partial charge in [-0.1, -0.05) is 21.6 Å². The summed E-state index contributed by atoms with van der Waals surface area (Å²) in [5.41, 5.74) is 10.4. The Labute approximate surface area is 179 Å². The first-order valence-corrected chi connectivity index (χ1v) is 10.8.